The Kier molecular flexibility index (Phi) is 2.52. The topological polar surface area (TPSA) is 40.5 Å². The Morgan fingerprint density at radius 3 is 2.42 bits per heavy atom. The number of aliphatic hydroxyl groups is 1. The molecule has 1 atom stereocenters. The highest BCUT2D eigenvalue weighted by Gasteiger charge is 2.69. The summed E-state index contributed by atoms with van der Waals surface area (Å²) in [7, 11) is 0. The first-order chi connectivity index (χ1) is 8.88. The Morgan fingerprint density at radius 2 is 1.95 bits per heavy atom. The van der Waals surface area contributed by atoms with Gasteiger partial charge in [0.2, 0.25) is 5.91 Å². The Bertz CT molecular complexity index is 537. The minimum absolute atomic E-state index is 0.0482. The number of hydrogen-bond acceptors (Lipinski definition) is 2. The molecular weight excluding hydrogens is 245 g/mol. The van der Waals surface area contributed by atoms with Crippen molar-refractivity contribution >= 4 is 5.91 Å². The van der Waals surface area contributed by atoms with Crippen molar-refractivity contribution in [1.29, 1.82) is 0 Å². The maximum atomic E-state index is 14.1. The lowest BCUT2D eigenvalue weighted by Crippen LogP contribution is -2.57. The van der Waals surface area contributed by atoms with Crippen LogP contribution in [0.25, 0.3) is 0 Å². The van der Waals surface area contributed by atoms with Gasteiger partial charge in [0.25, 0.3) is 0 Å². The molecule has 1 saturated carbocycles. The molecule has 1 saturated heterocycles. The van der Waals surface area contributed by atoms with E-state index in [0.717, 1.165) is 0 Å². The molecule has 0 bridgehead atoms. The van der Waals surface area contributed by atoms with Gasteiger partial charge in [-0.25, -0.2) is 4.39 Å². The minimum atomic E-state index is -0.752. The lowest BCUT2D eigenvalue weighted by atomic mass is 9.85. The second kappa shape index (κ2) is 3.79. The van der Waals surface area contributed by atoms with Crippen molar-refractivity contribution in [3.05, 3.63) is 35.6 Å². The van der Waals surface area contributed by atoms with Crippen LogP contribution >= 0.6 is 0 Å². The van der Waals surface area contributed by atoms with Crippen LogP contribution in [0.15, 0.2) is 24.3 Å². The Balaban J connectivity index is 1.98. The summed E-state index contributed by atoms with van der Waals surface area (Å²) in [6, 6.07) is 6.52. The van der Waals surface area contributed by atoms with Crippen molar-refractivity contribution in [2.45, 2.75) is 31.8 Å². The van der Waals surface area contributed by atoms with Crippen LogP contribution in [-0.4, -0.2) is 35.1 Å². The molecule has 1 amide bonds. The number of rotatable bonds is 2. The van der Waals surface area contributed by atoms with Crippen molar-refractivity contribution < 1.29 is 14.3 Å². The third kappa shape index (κ3) is 1.62. The number of amides is 1. The van der Waals surface area contributed by atoms with E-state index < -0.39 is 11.5 Å². The van der Waals surface area contributed by atoms with E-state index in [1.165, 1.54) is 6.07 Å². The molecule has 1 heterocycles. The number of β-amino-alcohol motifs (C(OH)–C–C–N with tert-alkyl or cyclic N) is 1. The summed E-state index contributed by atoms with van der Waals surface area (Å²) in [5, 5.41) is 9.34. The molecule has 4 heteroatoms. The molecule has 0 radical (unpaired) electrons. The highest BCUT2D eigenvalue weighted by molar-refractivity contribution is 5.93. The molecule has 1 aliphatic heterocycles. The maximum Gasteiger partial charge on any atom is 0.234 e. The largest absolute Gasteiger partial charge is 0.389 e. The third-order valence-corrected chi connectivity index (χ3v) is 4.59. The van der Waals surface area contributed by atoms with E-state index in [0.29, 0.717) is 25.1 Å². The van der Waals surface area contributed by atoms with Gasteiger partial charge in [-0.05, 0) is 17.9 Å². The van der Waals surface area contributed by atoms with E-state index in [1.807, 2.05) is 13.8 Å². The summed E-state index contributed by atoms with van der Waals surface area (Å²) in [5.74, 6) is -0.365. The molecule has 2 aliphatic rings. The predicted molar refractivity (Wildman–Crippen MR) is 69.1 cm³/mol. The number of halogens is 1. The normalized spacial score (nSPS) is 28.9. The van der Waals surface area contributed by atoms with E-state index in [9.17, 15) is 14.3 Å². The molecular formula is C15H18FNO2. The summed E-state index contributed by atoms with van der Waals surface area (Å²) in [5.41, 5.74) is -0.489. The van der Waals surface area contributed by atoms with Crippen LogP contribution in [0.5, 0.6) is 0 Å². The van der Waals surface area contributed by atoms with E-state index in [1.54, 1.807) is 23.1 Å². The van der Waals surface area contributed by atoms with E-state index in [2.05, 4.69) is 0 Å². The van der Waals surface area contributed by atoms with Crippen LogP contribution < -0.4 is 0 Å². The lowest BCUT2D eigenvalue weighted by Gasteiger charge is -2.39. The zero-order valence-corrected chi connectivity index (χ0v) is 11.2. The van der Waals surface area contributed by atoms with Gasteiger partial charge < -0.3 is 10.0 Å². The summed E-state index contributed by atoms with van der Waals surface area (Å²) < 4.78 is 14.1. The minimum Gasteiger partial charge on any atom is -0.389 e. The van der Waals surface area contributed by atoms with Gasteiger partial charge >= 0.3 is 0 Å². The van der Waals surface area contributed by atoms with Gasteiger partial charge in [-0.15, -0.1) is 0 Å². The third-order valence-electron chi connectivity index (χ3n) is 4.59. The van der Waals surface area contributed by atoms with Gasteiger partial charge in [-0.1, -0.05) is 32.0 Å². The first-order valence-electron chi connectivity index (χ1n) is 6.61. The molecule has 1 N–H and O–H groups in total. The standard InChI is InChI=1S/C15H18FNO2/c1-14(2)9-15(14,11-5-3-4-6-12(11)16)13(19)17-7-10(18)8-17/h3-6,10,18H,7-9H2,1-2H3. The molecule has 0 spiro atoms. The second-order valence-electron chi connectivity index (χ2n) is 6.31. The lowest BCUT2D eigenvalue weighted by molar-refractivity contribution is -0.145. The van der Waals surface area contributed by atoms with Gasteiger partial charge in [0.05, 0.1) is 11.5 Å². The molecule has 3 rings (SSSR count). The zero-order valence-electron chi connectivity index (χ0n) is 11.2. The summed E-state index contributed by atoms with van der Waals surface area (Å²) in [6.45, 7) is 4.72. The number of carbonyl (C=O) groups is 1. The van der Waals surface area contributed by atoms with Crippen molar-refractivity contribution in [3.8, 4) is 0 Å². The molecule has 1 aromatic rings. The zero-order chi connectivity index (χ0) is 13.8. The number of hydrogen-bond donors (Lipinski definition) is 1. The van der Waals surface area contributed by atoms with Gasteiger partial charge in [-0.3, -0.25) is 4.79 Å². The van der Waals surface area contributed by atoms with Gasteiger partial charge in [0.1, 0.15) is 5.82 Å². The van der Waals surface area contributed by atoms with Crippen molar-refractivity contribution in [2.75, 3.05) is 13.1 Å². The monoisotopic (exact) mass is 263 g/mol. The highest BCUT2D eigenvalue weighted by atomic mass is 19.1. The fraction of sp³-hybridized carbons (Fsp3) is 0.533. The van der Waals surface area contributed by atoms with Crippen LogP contribution in [0.4, 0.5) is 4.39 Å². The van der Waals surface area contributed by atoms with Crippen molar-refractivity contribution in [2.24, 2.45) is 5.41 Å². The smallest absolute Gasteiger partial charge is 0.234 e. The SMILES string of the molecule is CC1(C)CC1(C(=O)N1CC(O)C1)c1ccccc1F. The van der Waals surface area contributed by atoms with Crippen LogP contribution in [0.3, 0.4) is 0 Å². The number of nitrogens with zero attached hydrogens (tertiary/aromatic N) is 1. The first kappa shape index (κ1) is 12.6. The summed E-state index contributed by atoms with van der Waals surface area (Å²) >= 11 is 0. The first-order valence-corrected chi connectivity index (χ1v) is 6.61. The Morgan fingerprint density at radius 1 is 1.37 bits per heavy atom. The average molecular weight is 263 g/mol. The van der Waals surface area contributed by atoms with Crippen molar-refractivity contribution in [3.63, 3.8) is 0 Å². The molecule has 2 fully saturated rings. The Hall–Kier alpha value is -1.42. The number of carbonyl (C=O) groups excluding carboxylic acids is 1. The van der Waals surface area contributed by atoms with E-state index in [-0.39, 0.29) is 17.1 Å². The van der Waals surface area contributed by atoms with Gasteiger partial charge in [0.15, 0.2) is 0 Å². The summed E-state index contributed by atoms with van der Waals surface area (Å²) in [6.07, 6.45) is 0.232. The van der Waals surface area contributed by atoms with Crippen LogP contribution in [0, 0.1) is 11.2 Å². The van der Waals surface area contributed by atoms with Crippen LogP contribution in [0.2, 0.25) is 0 Å². The molecule has 19 heavy (non-hydrogen) atoms. The van der Waals surface area contributed by atoms with Gasteiger partial charge in [-0.2, -0.15) is 0 Å². The highest BCUT2D eigenvalue weighted by Crippen LogP contribution is 2.65. The number of aliphatic hydroxyl groups excluding tert-OH is 1. The fourth-order valence-electron chi connectivity index (χ4n) is 3.26. The van der Waals surface area contributed by atoms with Gasteiger partial charge in [0, 0.05) is 18.7 Å². The van der Waals surface area contributed by atoms with E-state index in [4.69, 9.17) is 0 Å². The van der Waals surface area contributed by atoms with Crippen LogP contribution in [-0.2, 0) is 10.2 Å². The van der Waals surface area contributed by atoms with Crippen LogP contribution in [0.1, 0.15) is 25.8 Å². The molecule has 1 aliphatic carbocycles. The molecule has 102 valence electrons. The predicted octanol–water partition coefficient (Wildman–Crippen LogP) is 1.70. The molecule has 1 unspecified atom stereocenters. The second-order valence-corrected chi connectivity index (χ2v) is 6.31. The summed E-state index contributed by atoms with van der Waals surface area (Å²) in [4.78, 5) is 14.3. The number of likely N-dealkylation sites (tertiary alicyclic amines) is 1. The fourth-order valence-corrected chi connectivity index (χ4v) is 3.26. The maximum absolute atomic E-state index is 14.1. The Labute approximate surface area is 112 Å². The quantitative estimate of drug-likeness (QED) is 0.882. The molecule has 1 aromatic carbocycles. The van der Waals surface area contributed by atoms with Crippen molar-refractivity contribution in [1.82, 2.24) is 4.90 Å². The molecule has 3 nitrogen and oxygen atoms in total. The van der Waals surface area contributed by atoms with E-state index >= 15 is 0 Å². The number of benzene rings is 1. The molecule has 0 aromatic heterocycles. The average Bonchev–Trinajstić information content (AvgIpc) is 2.89.